The van der Waals surface area contributed by atoms with Gasteiger partial charge in [0.2, 0.25) is 0 Å². The molecule has 0 spiro atoms. The molecule has 2 aromatic rings. The highest BCUT2D eigenvalue weighted by molar-refractivity contribution is 7.98. The second kappa shape index (κ2) is 8.15. The quantitative estimate of drug-likeness (QED) is 0.568. The number of nitrogens with zero attached hydrogens (tertiary/aromatic N) is 1. The molecule has 1 saturated carbocycles. The second-order valence-corrected chi connectivity index (χ2v) is 8.19. The zero-order chi connectivity index (χ0) is 17.7. The number of methoxy groups -OCH3 is 2. The standard InChI is InChI=1S/C21H27NO2S/c1-4-21(13-14-21)25-22(15-17-5-9-19(23-2)10-6-17)16-18-7-11-20(24-3)12-8-18/h5-12H,4,13-16H2,1-3H3. The molecule has 3 rings (SSSR count). The summed E-state index contributed by atoms with van der Waals surface area (Å²) in [5.41, 5.74) is 2.63. The third-order valence-electron chi connectivity index (χ3n) is 4.81. The molecule has 4 heteroatoms. The van der Waals surface area contributed by atoms with Crippen LogP contribution in [0.2, 0.25) is 0 Å². The minimum atomic E-state index is 0.457. The molecule has 0 bridgehead atoms. The molecule has 3 nitrogen and oxygen atoms in total. The lowest BCUT2D eigenvalue weighted by atomic mass is 10.2. The van der Waals surface area contributed by atoms with Crippen molar-refractivity contribution >= 4 is 11.9 Å². The zero-order valence-corrected chi connectivity index (χ0v) is 16.1. The van der Waals surface area contributed by atoms with Crippen molar-refractivity contribution in [3.63, 3.8) is 0 Å². The molecule has 0 N–H and O–H groups in total. The van der Waals surface area contributed by atoms with E-state index in [0.717, 1.165) is 24.6 Å². The Morgan fingerprint density at radius 3 is 1.60 bits per heavy atom. The summed E-state index contributed by atoms with van der Waals surface area (Å²) in [4.78, 5) is 0. The Kier molecular flexibility index (Phi) is 5.92. The zero-order valence-electron chi connectivity index (χ0n) is 15.3. The smallest absolute Gasteiger partial charge is 0.118 e. The van der Waals surface area contributed by atoms with Gasteiger partial charge in [0.25, 0.3) is 0 Å². The fraction of sp³-hybridized carbons (Fsp3) is 0.429. The van der Waals surface area contributed by atoms with E-state index in [-0.39, 0.29) is 0 Å². The predicted molar refractivity (Wildman–Crippen MR) is 105 cm³/mol. The van der Waals surface area contributed by atoms with Crippen molar-refractivity contribution in [1.82, 2.24) is 4.31 Å². The first-order chi connectivity index (χ1) is 12.2. The maximum atomic E-state index is 5.27. The second-order valence-electron chi connectivity index (χ2n) is 6.62. The van der Waals surface area contributed by atoms with Crippen molar-refractivity contribution in [1.29, 1.82) is 0 Å². The molecule has 1 aliphatic rings. The van der Waals surface area contributed by atoms with Gasteiger partial charge in [-0.1, -0.05) is 43.1 Å². The molecule has 0 saturated heterocycles. The van der Waals surface area contributed by atoms with E-state index in [4.69, 9.17) is 9.47 Å². The van der Waals surface area contributed by atoms with E-state index in [9.17, 15) is 0 Å². The van der Waals surface area contributed by atoms with Crippen molar-refractivity contribution in [2.75, 3.05) is 14.2 Å². The summed E-state index contributed by atoms with van der Waals surface area (Å²) >= 11 is 2.04. The number of rotatable bonds is 9. The van der Waals surface area contributed by atoms with Gasteiger partial charge in [0.05, 0.1) is 14.2 Å². The van der Waals surface area contributed by atoms with E-state index in [2.05, 4.69) is 35.5 Å². The SMILES string of the molecule is CCC1(SN(Cc2ccc(OC)cc2)Cc2ccc(OC)cc2)CC1. The highest BCUT2D eigenvalue weighted by Gasteiger charge is 2.43. The van der Waals surface area contributed by atoms with Crippen LogP contribution in [-0.2, 0) is 13.1 Å². The maximum Gasteiger partial charge on any atom is 0.118 e. The van der Waals surface area contributed by atoms with Crippen LogP contribution in [-0.4, -0.2) is 23.3 Å². The van der Waals surface area contributed by atoms with Crippen LogP contribution in [0, 0.1) is 0 Å². The topological polar surface area (TPSA) is 21.7 Å². The molecule has 2 aromatic carbocycles. The minimum Gasteiger partial charge on any atom is -0.497 e. The van der Waals surface area contributed by atoms with Crippen LogP contribution in [0.4, 0.5) is 0 Å². The normalized spacial score (nSPS) is 15.2. The van der Waals surface area contributed by atoms with E-state index in [1.807, 2.05) is 36.2 Å². The van der Waals surface area contributed by atoms with Gasteiger partial charge >= 0.3 is 0 Å². The third kappa shape index (κ3) is 4.93. The molecule has 25 heavy (non-hydrogen) atoms. The molecule has 1 aliphatic carbocycles. The molecule has 0 aliphatic heterocycles. The van der Waals surface area contributed by atoms with Crippen LogP contribution >= 0.6 is 11.9 Å². The van der Waals surface area contributed by atoms with Crippen molar-refractivity contribution in [3.05, 3.63) is 59.7 Å². The van der Waals surface area contributed by atoms with Crippen molar-refractivity contribution in [3.8, 4) is 11.5 Å². The summed E-state index contributed by atoms with van der Waals surface area (Å²) in [5, 5.41) is 0. The predicted octanol–water partition coefficient (Wildman–Crippen LogP) is 5.30. The van der Waals surface area contributed by atoms with Crippen LogP contribution in [0.3, 0.4) is 0 Å². The van der Waals surface area contributed by atoms with Crippen LogP contribution in [0.1, 0.15) is 37.3 Å². The van der Waals surface area contributed by atoms with Crippen LogP contribution in [0.5, 0.6) is 11.5 Å². The summed E-state index contributed by atoms with van der Waals surface area (Å²) in [7, 11) is 3.41. The van der Waals surface area contributed by atoms with E-state index < -0.39 is 0 Å². The maximum absolute atomic E-state index is 5.27. The van der Waals surface area contributed by atoms with Crippen molar-refractivity contribution in [2.24, 2.45) is 0 Å². The first-order valence-corrected chi connectivity index (χ1v) is 9.63. The number of hydrogen-bond acceptors (Lipinski definition) is 4. The Labute approximate surface area is 155 Å². The number of benzene rings is 2. The lowest BCUT2D eigenvalue weighted by Crippen LogP contribution is -2.20. The van der Waals surface area contributed by atoms with Crippen LogP contribution in [0.15, 0.2) is 48.5 Å². The third-order valence-corrected chi connectivity index (χ3v) is 6.41. The summed E-state index contributed by atoms with van der Waals surface area (Å²) in [6.07, 6.45) is 3.89. The number of ether oxygens (including phenoxy) is 2. The lowest BCUT2D eigenvalue weighted by molar-refractivity contribution is 0.413. The molecule has 0 heterocycles. The van der Waals surface area contributed by atoms with E-state index >= 15 is 0 Å². The van der Waals surface area contributed by atoms with Gasteiger partial charge in [0.15, 0.2) is 0 Å². The highest BCUT2D eigenvalue weighted by Crippen LogP contribution is 2.52. The van der Waals surface area contributed by atoms with Gasteiger partial charge in [0.1, 0.15) is 11.5 Å². The summed E-state index contributed by atoms with van der Waals surface area (Å²) < 4.78 is 13.5. The van der Waals surface area contributed by atoms with E-state index in [1.165, 1.54) is 30.4 Å². The van der Waals surface area contributed by atoms with E-state index in [0.29, 0.717) is 4.75 Å². The molecule has 134 valence electrons. The monoisotopic (exact) mass is 357 g/mol. The molecular formula is C21H27NO2S. The van der Waals surface area contributed by atoms with Crippen LogP contribution in [0.25, 0.3) is 0 Å². The van der Waals surface area contributed by atoms with Gasteiger partial charge in [-0.2, -0.15) is 0 Å². The molecule has 0 aromatic heterocycles. The Morgan fingerprint density at radius 1 is 0.840 bits per heavy atom. The molecular weight excluding hydrogens is 330 g/mol. The van der Waals surface area contributed by atoms with Crippen molar-refractivity contribution in [2.45, 2.75) is 44.0 Å². The summed E-state index contributed by atoms with van der Waals surface area (Å²) in [6.45, 7) is 4.17. The van der Waals surface area contributed by atoms with Gasteiger partial charge in [-0.25, -0.2) is 4.31 Å². The van der Waals surface area contributed by atoms with Gasteiger partial charge in [-0.3, -0.25) is 0 Å². The molecule has 0 amide bonds. The van der Waals surface area contributed by atoms with Crippen molar-refractivity contribution < 1.29 is 9.47 Å². The first kappa shape index (κ1) is 18.2. The van der Waals surface area contributed by atoms with Gasteiger partial charge < -0.3 is 9.47 Å². The molecule has 0 radical (unpaired) electrons. The van der Waals surface area contributed by atoms with Gasteiger partial charge in [0, 0.05) is 17.8 Å². The Balaban J connectivity index is 1.71. The van der Waals surface area contributed by atoms with E-state index in [1.54, 1.807) is 14.2 Å². The highest BCUT2D eigenvalue weighted by atomic mass is 32.2. The molecule has 1 fully saturated rings. The minimum absolute atomic E-state index is 0.457. The lowest BCUT2D eigenvalue weighted by Gasteiger charge is -2.26. The average Bonchev–Trinajstić information content (AvgIpc) is 3.43. The molecule has 0 atom stereocenters. The Bertz CT molecular complexity index is 616. The Morgan fingerprint density at radius 2 is 1.28 bits per heavy atom. The van der Waals surface area contributed by atoms with Crippen LogP contribution < -0.4 is 9.47 Å². The molecule has 0 unspecified atom stereocenters. The fourth-order valence-electron chi connectivity index (χ4n) is 2.91. The summed E-state index contributed by atoms with van der Waals surface area (Å²) in [5.74, 6) is 1.82. The van der Waals surface area contributed by atoms with Gasteiger partial charge in [-0.05, 0) is 54.7 Å². The first-order valence-electron chi connectivity index (χ1n) is 8.86. The Hall–Kier alpha value is -1.65. The average molecular weight is 358 g/mol. The fourth-order valence-corrected chi connectivity index (χ4v) is 4.30. The van der Waals surface area contributed by atoms with Gasteiger partial charge in [-0.15, -0.1) is 0 Å². The number of hydrogen-bond donors (Lipinski definition) is 0. The summed E-state index contributed by atoms with van der Waals surface area (Å²) in [6, 6.07) is 16.8. The largest absolute Gasteiger partial charge is 0.497 e.